The molecule has 0 bridgehead atoms. The van der Waals surface area contributed by atoms with Crippen LogP contribution in [0.25, 0.3) is 0 Å². The summed E-state index contributed by atoms with van der Waals surface area (Å²) in [6.45, 7) is 2.92. The molecule has 2 rings (SSSR count). The van der Waals surface area contributed by atoms with Crippen LogP contribution in [0.3, 0.4) is 0 Å². The Hall–Kier alpha value is -1.10. The molecule has 4 atom stereocenters. The topological polar surface area (TPSA) is 78.4 Å². The van der Waals surface area contributed by atoms with Crippen molar-refractivity contribution >= 4 is 11.9 Å². The Labute approximate surface area is 101 Å². The van der Waals surface area contributed by atoms with Crippen LogP contribution in [0.2, 0.25) is 0 Å². The van der Waals surface area contributed by atoms with Gasteiger partial charge in [0, 0.05) is 6.04 Å². The number of nitrogens with one attached hydrogen (secondary N) is 2. The molecular formula is C12H20N2O3. The van der Waals surface area contributed by atoms with E-state index in [1.54, 1.807) is 0 Å². The number of carboxylic acids is 1. The van der Waals surface area contributed by atoms with Gasteiger partial charge in [-0.15, -0.1) is 0 Å². The van der Waals surface area contributed by atoms with Crippen LogP contribution in [0, 0.1) is 11.8 Å². The molecule has 1 aliphatic heterocycles. The lowest BCUT2D eigenvalue weighted by Crippen LogP contribution is -2.49. The Balaban J connectivity index is 1.91. The molecule has 0 aromatic rings. The Morgan fingerprint density at radius 1 is 1.29 bits per heavy atom. The summed E-state index contributed by atoms with van der Waals surface area (Å²) in [7, 11) is 0. The van der Waals surface area contributed by atoms with E-state index in [9.17, 15) is 9.59 Å². The Kier molecular flexibility index (Phi) is 3.66. The van der Waals surface area contributed by atoms with Crippen LogP contribution < -0.4 is 10.6 Å². The second kappa shape index (κ2) is 5.04. The van der Waals surface area contributed by atoms with Crippen molar-refractivity contribution in [1.82, 2.24) is 10.6 Å². The van der Waals surface area contributed by atoms with Gasteiger partial charge in [0.15, 0.2) is 0 Å². The molecule has 2 aliphatic rings. The van der Waals surface area contributed by atoms with E-state index in [2.05, 4.69) is 10.6 Å². The van der Waals surface area contributed by atoms with Crippen molar-refractivity contribution in [2.24, 2.45) is 11.8 Å². The highest BCUT2D eigenvalue weighted by atomic mass is 16.4. The summed E-state index contributed by atoms with van der Waals surface area (Å²) in [4.78, 5) is 23.0. The van der Waals surface area contributed by atoms with E-state index in [0.29, 0.717) is 12.3 Å². The highest BCUT2D eigenvalue weighted by Crippen LogP contribution is 2.26. The van der Waals surface area contributed by atoms with Crippen molar-refractivity contribution in [3.8, 4) is 0 Å². The predicted octanol–water partition coefficient (Wildman–Crippen LogP) is 0.354. The van der Waals surface area contributed by atoms with E-state index in [1.165, 1.54) is 0 Å². The van der Waals surface area contributed by atoms with Crippen molar-refractivity contribution < 1.29 is 14.7 Å². The summed E-state index contributed by atoms with van der Waals surface area (Å²) < 4.78 is 0. The quantitative estimate of drug-likeness (QED) is 0.665. The van der Waals surface area contributed by atoms with Crippen LogP contribution in [-0.2, 0) is 9.59 Å². The van der Waals surface area contributed by atoms with E-state index < -0.39 is 11.9 Å². The van der Waals surface area contributed by atoms with Crippen molar-refractivity contribution in [2.75, 3.05) is 6.54 Å². The molecule has 3 N–H and O–H groups in total. The van der Waals surface area contributed by atoms with Crippen LogP contribution in [0.5, 0.6) is 0 Å². The minimum atomic E-state index is -0.791. The zero-order valence-corrected chi connectivity index (χ0v) is 10.1. The molecule has 1 heterocycles. The van der Waals surface area contributed by atoms with Crippen molar-refractivity contribution in [3.05, 3.63) is 0 Å². The molecule has 0 aromatic heterocycles. The van der Waals surface area contributed by atoms with E-state index >= 15 is 0 Å². The van der Waals surface area contributed by atoms with Gasteiger partial charge in [0.25, 0.3) is 0 Å². The third-order valence-corrected chi connectivity index (χ3v) is 3.98. The minimum Gasteiger partial charge on any atom is -0.481 e. The van der Waals surface area contributed by atoms with Crippen molar-refractivity contribution in [3.63, 3.8) is 0 Å². The first-order valence-corrected chi connectivity index (χ1v) is 6.36. The maximum atomic E-state index is 12.0. The molecule has 1 saturated heterocycles. The second-order valence-corrected chi connectivity index (χ2v) is 5.19. The van der Waals surface area contributed by atoms with Crippen LogP contribution in [0.4, 0.5) is 0 Å². The lowest BCUT2D eigenvalue weighted by Gasteiger charge is -2.22. The molecule has 2 fully saturated rings. The molecule has 96 valence electrons. The van der Waals surface area contributed by atoms with Crippen LogP contribution in [0.1, 0.15) is 32.6 Å². The van der Waals surface area contributed by atoms with Crippen LogP contribution in [-0.4, -0.2) is 35.6 Å². The molecule has 5 nitrogen and oxygen atoms in total. The monoisotopic (exact) mass is 240 g/mol. The first kappa shape index (κ1) is 12.4. The molecule has 17 heavy (non-hydrogen) atoms. The van der Waals surface area contributed by atoms with E-state index in [1.807, 2.05) is 6.92 Å². The Morgan fingerprint density at radius 2 is 2.06 bits per heavy atom. The predicted molar refractivity (Wildman–Crippen MR) is 62.5 cm³/mol. The maximum absolute atomic E-state index is 12.0. The lowest BCUT2D eigenvalue weighted by molar-refractivity contribution is -0.142. The molecule has 5 heteroatoms. The minimum absolute atomic E-state index is 0.0341. The van der Waals surface area contributed by atoms with Gasteiger partial charge in [-0.3, -0.25) is 9.59 Å². The lowest BCUT2D eigenvalue weighted by atomic mass is 10.0. The third-order valence-electron chi connectivity index (χ3n) is 3.98. The van der Waals surface area contributed by atoms with Gasteiger partial charge in [-0.2, -0.15) is 0 Å². The summed E-state index contributed by atoms with van der Waals surface area (Å²) in [6, 6.07) is -0.334. The molecule has 0 radical (unpaired) electrons. The maximum Gasteiger partial charge on any atom is 0.308 e. The average molecular weight is 240 g/mol. The third kappa shape index (κ3) is 2.60. The van der Waals surface area contributed by atoms with Gasteiger partial charge in [-0.05, 0) is 31.7 Å². The van der Waals surface area contributed by atoms with Gasteiger partial charge in [0.2, 0.25) is 5.91 Å². The van der Waals surface area contributed by atoms with E-state index in [4.69, 9.17) is 5.11 Å². The zero-order valence-electron chi connectivity index (χ0n) is 10.1. The van der Waals surface area contributed by atoms with Crippen molar-refractivity contribution in [2.45, 2.75) is 44.7 Å². The summed E-state index contributed by atoms with van der Waals surface area (Å²) >= 11 is 0. The van der Waals surface area contributed by atoms with Gasteiger partial charge in [-0.25, -0.2) is 0 Å². The van der Waals surface area contributed by atoms with Gasteiger partial charge in [-0.1, -0.05) is 13.3 Å². The van der Waals surface area contributed by atoms with E-state index in [0.717, 1.165) is 25.8 Å². The summed E-state index contributed by atoms with van der Waals surface area (Å²) in [5.74, 6) is -0.899. The number of carbonyl (C=O) groups excluding carboxylic acids is 1. The molecule has 1 saturated carbocycles. The number of hydrogen-bond acceptors (Lipinski definition) is 3. The fourth-order valence-electron chi connectivity index (χ4n) is 2.89. The average Bonchev–Trinajstić information content (AvgIpc) is 2.86. The number of carboxylic acid groups (broad SMARTS) is 1. The zero-order chi connectivity index (χ0) is 12.4. The number of hydrogen-bond donors (Lipinski definition) is 3. The Morgan fingerprint density at radius 3 is 2.65 bits per heavy atom. The van der Waals surface area contributed by atoms with Gasteiger partial charge in [0.05, 0.1) is 12.0 Å². The van der Waals surface area contributed by atoms with Crippen LogP contribution >= 0.6 is 0 Å². The number of rotatable bonds is 3. The molecule has 1 amide bonds. The summed E-state index contributed by atoms with van der Waals surface area (Å²) in [5, 5.41) is 15.1. The van der Waals surface area contributed by atoms with Gasteiger partial charge >= 0.3 is 5.97 Å². The molecule has 1 aliphatic carbocycles. The number of aliphatic carboxylic acids is 1. The molecule has 0 aromatic carbocycles. The van der Waals surface area contributed by atoms with E-state index in [-0.39, 0.29) is 18.0 Å². The van der Waals surface area contributed by atoms with Crippen molar-refractivity contribution in [1.29, 1.82) is 0 Å². The molecule has 0 spiro atoms. The standard InChI is InChI=1S/C12H20N2O3/c1-7-5-6-13-10(7)11(15)14-9-4-2-3-8(9)12(16)17/h7-10,13H,2-6H2,1H3,(H,14,15)(H,16,17). The number of carbonyl (C=O) groups is 2. The first-order chi connectivity index (χ1) is 8.09. The largest absolute Gasteiger partial charge is 0.481 e. The number of amides is 1. The molecular weight excluding hydrogens is 220 g/mol. The fourth-order valence-corrected chi connectivity index (χ4v) is 2.89. The molecule has 4 unspecified atom stereocenters. The van der Waals surface area contributed by atoms with Gasteiger partial charge < -0.3 is 15.7 Å². The van der Waals surface area contributed by atoms with Crippen LogP contribution in [0.15, 0.2) is 0 Å². The normalized spacial score (nSPS) is 37.0. The first-order valence-electron chi connectivity index (χ1n) is 6.36. The smallest absolute Gasteiger partial charge is 0.308 e. The second-order valence-electron chi connectivity index (χ2n) is 5.19. The summed E-state index contributed by atoms with van der Waals surface area (Å²) in [6.07, 6.45) is 3.35. The summed E-state index contributed by atoms with van der Waals surface area (Å²) in [5.41, 5.74) is 0. The fraction of sp³-hybridized carbons (Fsp3) is 0.833. The van der Waals surface area contributed by atoms with Gasteiger partial charge in [0.1, 0.15) is 0 Å². The Bertz CT molecular complexity index is 319. The highest BCUT2D eigenvalue weighted by molar-refractivity contribution is 5.83. The highest BCUT2D eigenvalue weighted by Gasteiger charge is 2.37. The SMILES string of the molecule is CC1CCNC1C(=O)NC1CCCC1C(=O)O.